The Kier molecular flexibility index (Phi) is 6.80. The number of carbonyl (C=O) groups excluding carboxylic acids is 3. The van der Waals surface area contributed by atoms with Crippen LogP contribution in [-0.4, -0.2) is 35.9 Å². The van der Waals surface area contributed by atoms with Crippen LogP contribution < -0.4 is 20.7 Å². The van der Waals surface area contributed by atoms with Crippen LogP contribution in [0.3, 0.4) is 0 Å². The Morgan fingerprint density at radius 2 is 2.17 bits per heavy atom. The van der Waals surface area contributed by atoms with Crippen molar-refractivity contribution in [1.29, 1.82) is 0 Å². The van der Waals surface area contributed by atoms with Gasteiger partial charge in [-0.15, -0.1) is 11.3 Å². The van der Waals surface area contributed by atoms with Crippen molar-refractivity contribution in [3.8, 4) is 5.75 Å². The number of imide groups is 1. The highest BCUT2D eigenvalue weighted by Gasteiger charge is 2.34. The summed E-state index contributed by atoms with van der Waals surface area (Å²) in [5.74, 6) is -0.746. The molecule has 0 radical (unpaired) electrons. The Bertz CT molecular complexity index is 1080. The minimum Gasteiger partial charge on any atom is -0.495 e. The van der Waals surface area contributed by atoms with Gasteiger partial charge in [0, 0.05) is 9.90 Å². The number of methoxy groups -OCH3 is 1. The molecule has 30 heavy (non-hydrogen) atoms. The van der Waals surface area contributed by atoms with E-state index in [0.29, 0.717) is 16.5 Å². The first kappa shape index (κ1) is 21.9. The number of rotatable bonds is 5. The Morgan fingerprint density at radius 3 is 2.80 bits per heavy atom. The summed E-state index contributed by atoms with van der Waals surface area (Å²) >= 11 is 8.61. The topological polar surface area (TPSA) is 114 Å². The normalized spacial score (nSPS) is 14.8. The summed E-state index contributed by atoms with van der Waals surface area (Å²) in [6.07, 6.45) is 1.70. The molecule has 1 aromatic carbocycles. The summed E-state index contributed by atoms with van der Waals surface area (Å²) in [4.78, 5) is 42.6. The van der Waals surface area contributed by atoms with Gasteiger partial charge >= 0.3 is 6.03 Å². The lowest BCUT2D eigenvalue weighted by Gasteiger charge is -2.20. The summed E-state index contributed by atoms with van der Waals surface area (Å²) in [7, 11) is 1.48. The SMILES string of the molecule is COc1ccc(Cl)cc1N1C(=O)C(=Cc2sccc2C)N=C1SCC(=O)NC(N)=O. The molecule has 4 amide bonds. The second-order valence-corrected chi connectivity index (χ2v) is 8.38. The van der Waals surface area contributed by atoms with E-state index in [2.05, 4.69) is 4.99 Å². The summed E-state index contributed by atoms with van der Waals surface area (Å²) in [6.45, 7) is 1.94. The van der Waals surface area contributed by atoms with E-state index >= 15 is 0 Å². The Balaban J connectivity index is 1.99. The maximum atomic E-state index is 13.2. The summed E-state index contributed by atoms with van der Waals surface area (Å²) in [6, 6.07) is 5.85. The number of thiophene rings is 1. The quantitative estimate of drug-likeness (QED) is 0.658. The highest BCUT2D eigenvalue weighted by Crippen LogP contribution is 2.37. The monoisotopic (exact) mass is 464 g/mol. The Morgan fingerprint density at radius 1 is 1.40 bits per heavy atom. The number of nitrogens with two attached hydrogens (primary N) is 1. The first-order valence-electron chi connectivity index (χ1n) is 8.54. The second kappa shape index (κ2) is 9.33. The molecule has 0 fully saturated rings. The third-order valence-electron chi connectivity index (χ3n) is 3.98. The standard InChI is InChI=1S/C19H17ClN4O4S2/c1-10-5-6-29-15(10)8-12-17(26)24(13-7-11(20)3-4-14(13)28-2)19(22-12)30-9-16(25)23-18(21)27/h3-8H,9H2,1-2H3,(H3,21,23,25,27). The number of hydrogen-bond donors (Lipinski definition) is 2. The number of hydrogen-bond acceptors (Lipinski definition) is 7. The van der Waals surface area contributed by atoms with Gasteiger partial charge in [-0.1, -0.05) is 23.4 Å². The van der Waals surface area contributed by atoms with Gasteiger partial charge in [0.15, 0.2) is 5.17 Å². The van der Waals surface area contributed by atoms with E-state index in [0.717, 1.165) is 22.2 Å². The molecule has 3 rings (SSSR count). The zero-order valence-electron chi connectivity index (χ0n) is 16.0. The van der Waals surface area contributed by atoms with Crippen LogP contribution in [-0.2, 0) is 9.59 Å². The third-order valence-corrected chi connectivity index (χ3v) is 6.12. The number of amidine groups is 1. The second-order valence-electron chi connectivity index (χ2n) is 6.05. The van der Waals surface area contributed by atoms with Crippen LogP contribution in [0.4, 0.5) is 10.5 Å². The average molecular weight is 465 g/mol. The summed E-state index contributed by atoms with van der Waals surface area (Å²) in [5.41, 5.74) is 6.59. The van der Waals surface area contributed by atoms with Gasteiger partial charge in [-0.25, -0.2) is 14.7 Å². The van der Waals surface area contributed by atoms with E-state index < -0.39 is 11.9 Å². The van der Waals surface area contributed by atoms with Crippen LogP contribution in [0, 0.1) is 6.92 Å². The van der Waals surface area contributed by atoms with Crippen LogP contribution in [0.15, 0.2) is 40.3 Å². The molecule has 2 heterocycles. The first-order valence-corrected chi connectivity index (χ1v) is 10.8. The van der Waals surface area contributed by atoms with Gasteiger partial charge in [-0.05, 0) is 48.2 Å². The molecule has 0 unspecified atom stereocenters. The molecule has 1 aliphatic heterocycles. The van der Waals surface area contributed by atoms with Gasteiger partial charge in [0.05, 0.1) is 18.6 Å². The molecular formula is C19H17ClN4O4S2. The maximum Gasteiger partial charge on any atom is 0.318 e. The lowest BCUT2D eigenvalue weighted by molar-refractivity contribution is -0.117. The van der Waals surface area contributed by atoms with Gasteiger partial charge in [-0.3, -0.25) is 14.9 Å². The predicted octanol–water partition coefficient (Wildman–Crippen LogP) is 3.39. The van der Waals surface area contributed by atoms with Crippen LogP contribution in [0.25, 0.3) is 6.08 Å². The van der Waals surface area contributed by atoms with Crippen molar-refractivity contribution in [3.63, 3.8) is 0 Å². The lowest BCUT2D eigenvalue weighted by Crippen LogP contribution is -2.37. The third kappa shape index (κ3) is 4.84. The number of carbonyl (C=O) groups is 3. The van der Waals surface area contributed by atoms with Crippen molar-refractivity contribution >= 4 is 69.5 Å². The molecule has 0 aliphatic carbocycles. The fourth-order valence-corrected chi connectivity index (χ4v) is 4.43. The van der Waals surface area contributed by atoms with Gasteiger partial charge in [0.1, 0.15) is 11.4 Å². The molecule has 0 spiro atoms. The van der Waals surface area contributed by atoms with Crippen LogP contribution in [0.1, 0.15) is 10.4 Å². The Labute approximate surface area is 185 Å². The van der Waals surface area contributed by atoms with Crippen molar-refractivity contribution in [3.05, 3.63) is 50.8 Å². The van der Waals surface area contributed by atoms with Gasteiger partial charge in [0.25, 0.3) is 5.91 Å². The number of aliphatic imine (C=N–C) groups is 1. The zero-order chi connectivity index (χ0) is 21.8. The Hall–Kier alpha value is -2.82. The molecule has 8 nitrogen and oxygen atoms in total. The van der Waals surface area contributed by atoms with E-state index in [4.69, 9.17) is 22.1 Å². The number of ether oxygens (including phenoxy) is 1. The number of halogens is 1. The summed E-state index contributed by atoms with van der Waals surface area (Å²) < 4.78 is 5.37. The van der Waals surface area contributed by atoms with Crippen molar-refractivity contribution in [2.24, 2.45) is 10.7 Å². The number of amides is 4. The maximum absolute atomic E-state index is 13.2. The summed E-state index contributed by atoms with van der Waals surface area (Å²) in [5, 5.41) is 4.56. The molecule has 1 aliphatic rings. The molecule has 3 N–H and O–H groups in total. The van der Waals surface area contributed by atoms with Crippen molar-refractivity contribution in [1.82, 2.24) is 5.32 Å². The largest absolute Gasteiger partial charge is 0.495 e. The number of nitrogens with one attached hydrogen (secondary N) is 1. The van der Waals surface area contributed by atoms with E-state index in [1.165, 1.54) is 23.3 Å². The molecule has 11 heteroatoms. The van der Waals surface area contributed by atoms with Crippen LogP contribution >= 0.6 is 34.7 Å². The molecule has 0 saturated heterocycles. The highest BCUT2D eigenvalue weighted by molar-refractivity contribution is 8.14. The van der Waals surface area contributed by atoms with Crippen molar-refractivity contribution < 1.29 is 19.1 Å². The smallest absolute Gasteiger partial charge is 0.318 e. The minimum atomic E-state index is -0.952. The molecule has 156 valence electrons. The molecule has 2 aromatic rings. The highest BCUT2D eigenvalue weighted by atomic mass is 35.5. The van der Waals surface area contributed by atoms with Gasteiger partial charge < -0.3 is 10.5 Å². The number of aryl methyl sites for hydroxylation is 1. The first-order chi connectivity index (χ1) is 14.3. The van der Waals surface area contributed by atoms with Crippen molar-refractivity contribution in [2.45, 2.75) is 6.92 Å². The zero-order valence-corrected chi connectivity index (χ0v) is 18.4. The number of nitrogens with zero attached hydrogens (tertiary/aromatic N) is 2. The number of benzene rings is 1. The van der Waals surface area contributed by atoms with E-state index in [9.17, 15) is 14.4 Å². The fourth-order valence-electron chi connectivity index (χ4n) is 2.60. The minimum absolute atomic E-state index is 0.167. The molecule has 0 bridgehead atoms. The molecular weight excluding hydrogens is 448 g/mol. The number of thioether (sulfide) groups is 1. The fraction of sp³-hybridized carbons (Fsp3) is 0.158. The van der Waals surface area contributed by atoms with Crippen molar-refractivity contribution in [2.75, 3.05) is 17.8 Å². The lowest BCUT2D eigenvalue weighted by atomic mass is 10.2. The molecule has 0 atom stereocenters. The van der Waals surface area contributed by atoms with Gasteiger partial charge in [-0.2, -0.15) is 0 Å². The number of anilines is 1. The number of urea groups is 1. The molecule has 0 saturated carbocycles. The molecule has 1 aromatic heterocycles. The van der Waals surface area contributed by atoms with E-state index in [1.54, 1.807) is 24.3 Å². The average Bonchev–Trinajstić information content (AvgIpc) is 3.23. The van der Waals surface area contributed by atoms with E-state index in [1.807, 2.05) is 23.7 Å². The van der Waals surface area contributed by atoms with Gasteiger partial charge in [0.2, 0.25) is 5.91 Å². The van der Waals surface area contributed by atoms with Crippen LogP contribution in [0.5, 0.6) is 5.75 Å². The number of primary amides is 1. The predicted molar refractivity (Wildman–Crippen MR) is 120 cm³/mol. The van der Waals surface area contributed by atoms with E-state index in [-0.39, 0.29) is 22.5 Å². The van der Waals surface area contributed by atoms with Crippen LogP contribution in [0.2, 0.25) is 5.02 Å².